The van der Waals surface area contributed by atoms with Crippen LogP contribution in [0.3, 0.4) is 0 Å². The minimum atomic E-state index is -0.714. The molecule has 1 aromatic carbocycles. The van der Waals surface area contributed by atoms with Crippen molar-refractivity contribution in [3.05, 3.63) is 53.0 Å². The van der Waals surface area contributed by atoms with Crippen LogP contribution in [0.1, 0.15) is 16.5 Å². The third-order valence-electron chi connectivity index (χ3n) is 2.19. The van der Waals surface area contributed by atoms with E-state index in [0.717, 1.165) is 18.7 Å². The van der Waals surface area contributed by atoms with Gasteiger partial charge in [0.2, 0.25) is 0 Å². The summed E-state index contributed by atoms with van der Waals surface area (Å²) in [6.45, 7) is 0. The molecule has 0 bridgehead atoms. The first-order valence-electron chi connectivity index (χ1n) is 4.57. The molecule has 90 valence electrons. The number of benzene rings is 1. The molecule has 2 aromatic rings. The van der Waals surface area contributed by atoms with Crippen LogP contribution in [-0.4, -0.2) is 5.11 Å². The van der Waals surface area contributed by atoms with Gasteiger partial charge in [-0.2, -0.15) is 0 Å². The highest BCUT2D eigenvalue weighted by Crippen LogP contribution is 2.38. The second kappa shape index (κ2) is 5.59. The first-order chi connectivity index (χ1) is 7.99. The average Bonchev–Trinajstić information content (AvgIpc) is 2.62. The number of hydrogen-bond donors (Lipinski definition) is 1. The van der Waals surface area contributed by atoms with Crippen LogP contribution in [0.4, 0.5) is 0 Å². The molecule has 1 unspecified atom stereocenters. The van der Waals surface area contributed by atoms with Crippen LogP contribution in [0, 0.1) is 0 Å². The molecule has 0 spiro atoms. The van der Waals surface area contributed by atoms with Crippen LogP contribution in [0.2, 0.25) is 10.0 Å². The summed E-state index contributed by atoms with van der Waals surface area (Å²) in [4.78, 5) is 0.778. The highest BCUT2D eigenvalue weighted by atomic mass is 79.9. The highest BCUT2D eigenvalue weighted by Gasteiger charge is 2.16. The maximum Gasteiger partial charge on any atom is 0.113 e. The van der Waals surface area contributed by atoms with E-state index in [9.17, 15) is 5.11 Å². The van der Waals surface area contributed by atoms with Crippen LogP contribution >= 0.6 is 66.4 Å². The fourth-order valence-corrected chi connectivity index (χ4v) is 3.54. The van der Waals surface area contributed by atoms with Gasteiger partial charge in [0.05, 0.1) is 13.8 Å². The van der Waals surface area contributed by atoms with E-state index in [4.69, 9.17) is 23.2 Å². The van der Waals surface area contributed by atoms with Crippen molar-refractivity contribution in [1.29, 1.82) is 0 Å². The molecule has 0 radical (unpaired) electrons. The molecule has 17 heavy (non-hydrogen) atoms. The Labute approximate surface area is 130 Å². The lowest BCUT2D eigenvalue weighted by Crippen LogP contribution is -1.96. The predicted molar refractivity (Wildman–Crippen MR) is 80.2 cm³/mol. The Morgan fingerprint density at radius 3 is 2.35 bits per heavy atom. The van der Waals surface area contributed by atoms with Crippen molar-refractivity contribution in [1.82, 2.24) is 0 Å². The van der Waals surface area contributed by atoms with E-state index in [1.807, 2.05) is 12.1 Å². The smallest absolute Gasteiger partial charge is 0.113 e. The topological polar surface area (TPSA) is 20.2 Å². The molecule has 1 heterocycles. The Kier molecular flexibility index (Phi) is 4.55. The number of halogens is 4. The summed E-state index contributed by atoms with van der Waals surface area (Å²) in [6, 6.07) is 7.11. The van der Waals surface area contributed by atoms with Gasteiger partial charge in [0.15, 0.2) is 0 Å². The molecule has 1 N–H and O–H groups in total. The summed E-state index contributed by atoms with van der Waals surface area (Å²) < 4.78 is 1.62. The quantitative estimate of drug-likeness (QED) is 0.669. The fourth-order valence-electron chi connectivity index (χ4n) is 1.34. The summed E-state index contributed by atoms with van der Waals surface area (Å²) in [7, 11) is 0. The summed E-state index contributed by atoms with van der Waals surface area (Å²) >= 11 is 20.0. The van der Waals surface area contributed by atoms with Crippen molar-refractivity contribution < 1.29 is 5.11 Å². The van der Waals surface area contributed by atoms with Gasteiger partial charge >= 0.3 is 0 Å². The highest BCUT2D eigenvalue weighted by molar-refractivity contribution is 9.11. The van der Waals surface area contributed by atoms with Gasteiger partial charge in [-0.25, -0.2) is 0 Å². The Hall–Kier alpha value is 0.420. The van der Waals surface area contributed by atoms with E-state index in [1.54, 1.807) is 12.1 Å². The van der Waals surface area contributed by atoms with Crippen molar-refractivity contribution in [2.75, 3.05) is 0 Å². The van der Waals surface area contributed by atoms with Gasteiger partial charge in [-0.05, 0) is 55.6 Å². The zero-order chi connectivity index (χ0) is 12.6. The Bertz CT molecular complexity index is 537. The lowest BCUT2D eigenvalue weighted by Gasteiger charge is -2.09. The van der Waals surface area contributed by atoms with Gasteiger partial charge in [-0.15, -0.1) is 11.3 Å². The van der Waals surface area contributed by atoms with Gasteiger partial charge in [-0.1, -0.05) is 29.3 Å². The SMILES string of the molecule is OC(c1ccc(Br)c(Cl)c1)c1cc(Cl)c(Br)s1. The minimum absolute atomic E-state index is 0.572. The van der Waals surface area contributed by atoms with Gasteiger partial charge in [-0.3, -0.25) is 0 Å². The number of thiophene rings is 1. The molecule has 1 nitrogen and oxygen atoms in total. The molecule has 1 atom stereocenters. The molecule has 0 saturated heterocycles. The maximum atomic E-state index is 10.2. The van der Waals surface area contributed by atoms with E-state index >= 15 is 0 Å². The molecule has 1 aromatic heterocycles. The molecule has 0 aliphatic carbocycles. The first-order valence-corrected chi connectivity index (χ1v) is 7.72. The predicted octanol–water partition coefficient (Wildman–Crippen LogP) is 5.66. The molecule has 0 saturated carbocycles. The number of hydrogen-bond acceptors (Lipinski definition) is 2. The maximum absolute atomic E-state index is 10.2. The van der Waals surface area contributed by atoms with Crippen molar-refractivity contribution in [3.8, 4) is 0 Å². The van der Waals surface area contributed by atoms with Crippen LogP contribution in [0.5, 0.6) is 0 Å². The lowest BCUT2D eigenvalue weighted by atomic mass is 10.1. The zero-order valence-electron chi connectivity index (χ0n) is 8.25. The molecule has 0 fully saturated rings. The third-order valence-corrected chi connectivity index (χ3v) is 5.95. The molecular formula is C11H6Br2Cl2OS. The average molecular weight is 417 g/mol. The molecule has 0 amide bonds. The van der Waals surface area contributed by atoms with E-state index in [0.29, 0.717) is 10.0 Å². The van der Waals surface area contributed by atoms with Crippen molar-refractivity contribution >= 4 is 66.4 Å². The summed E-state index contributed by atoms with van der Waals surface area (Å²) in [5.41, 5.74) is 0.739. The standard InChI is InChI=1S/C11H6Br2Cl2OS/c12-6-2-1-5(3-7(6)14)10(16)9-4-8(15)11(13)17-9/h1-4,10,16H. The van der Waals surface area contributed by atoms with Crippen molar-refractivity contribution in [2.24, 2.45) is 0 Å². The van der Waals surface area contributed by atoms with E-state index in [2.05, 4.69) is 31.9 Å². The van der Waals surface area contributed by atoms with E-state index in [-0.39, 0.29) is 0 Å². The molecule has 0 aliphatic rings. The zero-order valence-corrected chi connectivity index (χ0v) is 13.8. The molecule has 0 aliphatic heterocycles. The van der Waals surface area contributed by atoms with Gasteiger partial charge < -0.3 is 5.11 Å². The number of aliphatic hydroxyl groups is 1. The minimum Gasteiger partial charge on any atom is -0.383 e. The van der Waals surface area contributed by atoms with Crippen molar-refractivity contribution in [2.45, 2.75) is 6.10 Å². The molecule has 2 rings (SSSR count). The monoisotopic (exact) mass is 414 g/mol. The van der Waals surface area contributed by atoms with Crippen LogP contribution in [0.25, 0.3) is 0 Å². The second-order valence-electron chi connectivity index (χ2n) is 3.35. The number of aliphatic hydroxyl groups excluding tert-OH is 1. The van der Waals surface area contributed by atoms with Gasteiger partial charge in [0.25, 0.3) is 0 Å². The normalized spacial score (nSPS) is 12.8. The summed E-state index contributed by atoms with van der Waals surface area (Å²) in [5, 5.41) is 11.4. The second-order valence-corrected chi connectivity index (χ2v) is 7.42. The third kappa shape index (κ3) is 3.06. The lowest BCUT2D eigenvalue weighted by molar-refractivity contribution is 0.224. The fraction of sp³-hybridized carbons (Fsp3) is 0.0909. The summed E-state index contributed by atoms with van der Waals surface area (Å²) in [5.74, 6) is 0. The van der Waals surface area contributed by atoms with E-state index in [1.165, 1.54) is 11.3 Å². The molecular weight excluding hydrogens is 411 g/mol. The Morgan fingerprint density at radius 1 is 1.12 bits per heavy atom. The summed E-state index contributed by atoms with van der Waals surface area (Å²) in [6.07, 6.45) is -0.714. The van der Waals surface area contributed by atoms with Crippen LogP contribution in [-0.2, 0) is 0 Å². The Balaban J connectivity index is 2.36. The van der Waals surface area contributed by atoms with E-state index < -0.39 is 6.10 Å². The van der Waals surface area contributed by atoms with Crippen LogP contribution < -0.4 is 0 Å². The van der Waals surface area contributed by atoms with Crippen molar-refractivity contribution in [3.63, 3.8) is 0 Å². The molecule has 6 heteroatoms. The van der Waals surface area contributed by atoms with Gasteiger partial charge in [0.1, 0.15) is 6.10 Å². The Morgan fingerprint density at radius 2 is 1.82 bits per heavy atom. The van der Waals surface area contributed by atoms with Gasteiger partial charge in [0, 0.05) is 9.35 Å². The largest absolute Gasteiger partial charge is 0.383 e. The first kappa shape index (κ1) is 13.8. The number of rotatable bonds is 2. The van der Waals surface area contributed by atoms with Crippen LogP contribution in [0.15, 0.2) is 32.5 Å².